The number of rotatable bonds is 4. The van der Waals surface area contributed by atoms with Gasteiger partial charge in [-0.3, -0.25) is 0 Å². The zero-order valence-corrected chi connectivity index (χ0v) is 15.5. The normalized spacial score (nSPS) is 11.4. The van der Waals surface area contributed by atoms with E-state index >= 15 is 0 Å². The smallest absolute Gasteiger partial charge is 0.213 e. The molecule has 0 fully saturated rings. The molecule has 0 amide bonds. The third kappa shape index (κ3) is 3.59. The molecule has 0 aliphatic rings. The van der Waals surface area contributed by atoms with Gasteiger partial charge in [-0.05, 0) is 73.5 Å². The van der Waals surface area contributed by atoms with E-state index in [1.54, 1.807) is 26.0 Å². The molecule has 7 heteroatoms. The van der Waals surface area contributed by atoms with Crippen molar-refractivity contribution in [2.24, 2.45) is 0 Å². The van der Waals surface area contributed by atoms with E-state index in [2.05, 4.69) is 0 Å². The minimum absolute atomic E-state index is 0.0321. The van der Waals surface area contributed by atoms with Crippen LogP contribution in [0.1, 0.15) is 11.1 Å². The molecule has 0 aliphatic carbocycles. The summed E-state index contributed by atoms with van der Waals surface area (Å²) in [6.45, 7) is 3.57. The molecule has 0 heterocycles. The number of aromatic hydroxyl groups is 1. The number of hydrogen-bond acceptors (Lipinski definition) is 5. The molecule has 27 heavy (non-hydrogen) atoms. The van der Waals surface area contributed by atoms with E-state index in [-0.39, 0.29) is 15.5 Å². The molecule has 0 unspecified atom stereocenters. The highest BCUT2D eigenvalue weighted by Crippen LogP contribution is 2.40. The van der Waals surface area contributed by atoms with Crippen molar-refractivity contribution in [3.63, 3.8) is 0 Å². The lowest BCUT2D eigenvalue weighted by atomic mass is 10.1. The first-order valence-electron chi connectivity index (χ1n) is 8.07. The van der Waals surface area contributed by atoms with Crippen LogP contribution in [-0.4, -0.2) is 13.5 Å². The zero-order valence-electron chi connectivity index (χ0n) is 14.7. The van der Waals surface area contributed by atoms with Crippen molar-refractivity contribution in [2.45, 2.75) is 23.6 Å². The molecule has 0 aliphatic heterocycles. The van der Waals surface area contributed by atoms with Crippen LogP contribution in [0.4, 0.5) is 10.1 Å². The van der Waals surface area contributed by atoms with Crippen LogP contribution in [0.5, 0.6) is 17.2 Å². The second-order valence-electron chi connectivity index (χ2n) is 6.15. The van der Waals surface area contributed by atoms with E-state index < -0.39 is 21.4 Å². The Morgan fingerprint density at radius 2 is 1.59 bits per heavy atom. The predicted octanol–water partition coefficient (Wildman–Crippen LogP) is 4.36. The summed E-state index contributed by atoms with van der Waals surface area (Å²) in [6, 6.07) is 12.0. The molecule has 3 aromatic carbocycles. The van der Waals surface area contributed by atoms with E-state index in [0.717, 1.165) is 35.4 Å². The van der Waals surface area contributed by atoms with Gasteiger partial charge in [0.05, 0.1) is 4.90 Å². The maximum Gasteiger partial charge on any atom is 0.213 e. The van der Waals surface area contributed by atoms with Crippen LogP contribution in [0.3, 0.4) is 0 Å². The fourth-order valence-electron chi connectivity index (χ4n) is 2.84. The van der Waals surface area contributed by atoms with Crippen LogP contribution in [-0.2, 0) is 9.84 Å². The highest BCUT2D eigenvalue weighted by molar-refractivity contribution is 7.91. The number of phenols is 1. The molecule has 0 atom stereocenters. The Kier molecular flexibility index (Phi) is 4.80. The average Bonchev–Trinajstić information content (AvgIpc) is 2.58. The number of nitrogens with two attached hydrogens (primary N) is 1. The fraction of sp³-hybridized carbons (Fsp3) is 0.100. The molecule has 0 saturated heterocycles. The van der Waals surface area contributed by atoms with E-state index in [9.17, 15) is 17.9 Å². The summed E-state index contributed by atoms with van der Waals surface area (Å²) in [5, 5.41) is 10.3. The lowest BCUT2D eigenvalue weighted by Gasteiger charge is -2.16. The maximum absolute atomic E-state index is 13.2. The largest absolute Gasteiger partial charge is 0.506 e. The summed E-state index contributed by atoms with van der Waals surface area (Å²) in [7, 11) is -4.14. The fourth-order valence-corrected chi connectivity index (χ4v) is 4.29. The molecule has 140 valence electrons. The Morgan fingerprint density at radius 1 is 1.00 bits per heavy atom. The standard InChI is InChI=1S/C20H18FNO4S/c1-12-10-15(22)11-13(2)19(12)26-18-5-3-4-17(23)20(18)27(24,25)16-8-6-14(21)7-9-16/h3-11,23H,22H2,1-2H3. The lowest BCUT2D eigenvalue weighted by molar-refractivity contribution is 0.426. The molecule has 0 bridgehead atoms. The lowest BCUT2D eigenvalue weighted by Crippen LogP contribution is -2.05. The van der Waals surface area contributed by atoms with Crippen molar-refractivity contribution < 1.29 is 22.7 Å². The number of benzene rings is 3. The third-order valence-electron chi connectivity index (χ3n) is 4.05. The van der Waals surface area contributed by atoms with Crippen LogP contribution in [0.2, 0.25) is 0 Å². The highest BCUT2D eigenvalue weighted by atomic mass is 32.2. The van der Waals surface area contributed by atoms with Gasteiger partial charge in [-0.15, -0.1) is 0 Å². The van der Waals surface area contributed by atoms with E-state index in [0.29, 0.717) is 11.4 Å². The number of aryl methyl sites for hydroxylation is 2. The van der Waals surface area contributed by atoms with E-state index in [1.807, 2.05) is 0 Å². The Labute approximate surface area is 156 Å². The Balaban J connectivity index is 2.15. The van der Waals surface area contributed by atoms with Crippen LogP contribution in [0.15, 0.2) is 64.4 Å². The maximum atomic E-state index is 13.2. The van der Waals surface area contributed by atoms with Crippen molar-refractivity contribution >= 4 is 15.5 Å². The molecule has 0 aromatic heterocycles. The number of hydrogen-bond donors (Lipinski definition) is 2. The summed E-state index contributed by atoms with van der Waals surface area (Å²) in [5.41, 5.74) is 7.82. The molecule has 0 spiro atoms. The van der Waals surface area contributed by atoms with Gasteiger partial charge in [0.1, 0.15) is 23.1 Å². The van der Waals surface area contributed by atoms with Crippen molar-refractivity contribution in [3.8, 4) is 17.2 Å². The van der Waals surface area contributed by atoms with Crippen LogP contribution in [0, 0.1) is 19.7 Å². The number of halogens is 1. The summed E-state index contributed by atoms with van der Waals surface area (Å²) in [6.07, 6.45) is 0. The van der Waals surface area contributed by atoms with Gasteiger partial charge in [0.15, 0.2) is 4.90 Å². The quantitative estimate of drug-likeness (QED) is 0.513. The van der Waals surface area contributed by atoms with Gasteiger partial charge in [-0.1, -0.05) is 6.07 Å². The first kappa shape index (κ1) is 18.7. The molecule has 5 nitrogen and oxygen atoms in total. The van der Waals surface area contributed by atoms with Gasteiger partial charge in [-0.25, -0.2) is 12.8 Å². The van der Waals surface area contributed by atoms with Crippen molar-refractivity contribution in [1.82, 2.24) is 0 Å². The van der Waals surface area contributed by atoms with Gasteiger partial charge in [0, 0.05) is 5.69 Å². The van der Waals surface area contributed by atoms with Gasteiger partial charge < -0.3 is 15.6 Å². The van der Waals surface area contributed by atoms with E-state index in [4.69, 9.17) is 10.5 Å². The highest BCUT2D eigenvalue weighted by Gasteiger charge is 2.27. The SMILES string of the molecule is Cc1cc(N)cc(C)c1Oc1cccc(O)c1S(=O)(=O)c1ccc(F)cc1. The number of sulfone groups is 1. The molecule has 3 rings (SSSR count). The molecule has 3 aromatic rings. The summed E-state index contributed by atoms with van der Waals surface area (Å²) >= 11 is 0. The monoisotopic (exact) mass is 387 g/mol. The Bertz CT molecular complexity index is 1090. The first-order valence-corrected chi connectivity index (χ1v) is 9.55. The van der Waals surface area contributed by atoms with Crippen LogP contribution < -0.4 is 10.5 Å². The minimum Gasteiger partial charge on any atom is -0.506 e. The first-order chi connectivity index (χ1) is 12.7. The zero-order chi connectivity index (χ0) is 19.8. The molecule has 0 radical (unpaired) electrons. The van der Waals surface area contributed by atoms with Crippen molar-refractivity contribution in [1.29, 1.82) is 0 Å². The average molecular weight is 387 g/mol. The van der Waals surface area contributed by atoms with Crippen LogP contribution >= 0.6 is 0 Å². The Morgan fingerprint density at radius 3 is 2.19 bits per heavy atom. The van der Waals surface area contributed by atoms with Gasteiger partial charge in [0.25, 0.3) is 0 Å². The van der Waals surface area contributed by atoms with Gasteiger partial charge in [-0.2, -0.15) is 0 Å². The molecular formula is C20H18FNO4S. The summed E-state index contributed by atoms with van der Waals surface area (Å²) in [4.78, 5) is -0.534. The minimum atomic E-state index is -4.14. The molecule has 0 saturated carbocycles. The number of phenolic OH excluding ortho intramolecular Hbond substituents is 1. The third-order valence-corrected chi connectivity index (χ3v) is 5.89. The van der Waals surface area contributed by atoms with E-state index in [1.165, 1.54) is 18.2 Å². The number of nitrogen functional groups attached to an aromatic ring is 1. The van der Waals surface area contributed by atoms with Crippen LogP contribution in [0.25, 0.3) is 0 Å². The predicted molar refractivity (Wildman–Crippen MR) is 100 cm³/mol. The second-order valence-corrected chi connectivity index (χ2v) is 8.03. The van der Waals surface area contributed by atoms with Gasteiger partial charge in [0.2, 0.25) is 9.84 Å². The molecule has 3 N–H and O–H groups in total. The summed E-state index contributed by atoms with van der Waals surface area (Å²) in [5.74, 6) is -0.598. The second kappa shape index (κ2) is 6.92. The van der Waals surface area contributed by atoms with Gasteiger partial charge >= 0.3 is 0 Å². The van der Waals surface area contributed by atoms with Crippen molar-refractivity contribution in [3.05, 3.63) is 71.5 Å². The van der Waals surface area contributed by atoms with Crippen molar-refractivity contribution in [2.75, 3.05) is 5.73 Å². The Hall–Kier alpha value is -3.06. The molecular weight excluding hydrogens is 369 g/mol. The topological polar surface area (TPSA) is 89.6 Å². The summed E-state index contributed by atoms with van der Waals surface area (Å²) < 4.78 is 45.1. The number of ether oxygens (including phenoxy) is 1. The number of anilines is 1.